The Kier molecular flexibility index (Phi) is 5.11. The summed E-state index contributed by atoms with van der Waals surface area (Å²) in [4.78, 5) is 10.5. The van der Waals surface area contributed by atoms with Gasteiger partial charge in [-0.1, -0.05) is 91.0 Å². The summed E-state index contributed by atoms with van der Waals surface area (Å²) >= 11 is 0. The number of aromatic nitrogens is 3. The lowest BCUT2D eigenvalue weighted by molar-refractivity contribution is 0.596. The van der Waals surface area contributed by atoms with E-state index < -0.39 is 9.84 Å². The molecule has 0 spiro atoms. The number of fused-ring (bicyclic) bond motifs is 7. The first kappa shape index (κ1) is 23.6. The topological polar surface area (TPSA) is 77.5 Å². The van der Waals surface area contributed by atoms with Gasteiger partial charge in [0.1, 0.15) is 11.0 Å². The summed E-state index contributed by atoms with van der Waals surface area (Å²) in [6, 6.07) is 39.4. The molecule has 5 aromatic carbocycles. The highest BCUT2D eigenvalue weighted by molar-refractivity contribution is 7.91. The Labute approximate surface area is 235 Å². The lowest BCUT2D eigenvalue weighted by Gasteiger charge is -2.09. The van der Waals surface area contributed by atoms with Crippen molar-refractivity contribution in [3.8, 4) is 22.4 Å². The Hall–Kier alpha value is -5.27. The molecule has 41 heavy (non-hydrogen) atoms. The number of oxazole rings is 1. The van der Waals surface area contributed by atoms with Crippen LogP contribution >= 0.6 is 0 Å². The van der Waals surface area contributed by atoms with Crippen LogP contribution in [-0.4, -0.2) is 22.8 Å². The van der Waals surface area contributed by atoms with Crippen molar-refractivity contribution in [1.82, 2.24) is 14.4 Å². The maximum Gasteiger partial charge on any atom is 0.308 e. The Bertz CT molecular complexity index is 2380. The standard InChI is InChI=1S/C34H21N3O3S/c38-41(39,24-14-5-2-6-15-24)25-16-9-13-23(21-25)26-18-10-20-29-33(26)40-34-36-31-27-17-7-8-19-28(27)35-30(32(31)37(29)34)22-11-3-1-4-12-22/h1-21H. The van der Waals surface area contributed by atoms with Crippen molar-refractivity contribution >= 4 is 48.7 Å². The molecule has 8 rings (SSSR count). The molecule has 0 saturated carbocycles. The molecular weight excluding hydrogens is 530 g/mol. The Morgan fingerprint density at radius 2 is 1.32 bits per heavy atom. The van der Waals surface area contributed by atoms with E-state index in [2.05, 4.69) is 0 Å². The van der Waals surface area contributed by atoms with E-state index in [1.807, 2.05) is 83.3 Å². The van der Waals surface area contributed by atoms with Crippen LogP contribution in [0.1, 0.15) is 0 Å². The summed E-state index contributed by atoms with van der Waals surface area (Å²) in [5.74, 6) is 0.450. The molecule has 8 aromatic rings. The van der Waals surface area contributed by atoms with E-state index in [1.54, 1.807) is 48.5 Å². The Morgan fingerprint density at radius 1 is 0.634 bits per heavy atom. The second kappa shape index (κ2) is 8.87. The molecule has 0 saturated heterocycles. The first-order valence-electron chi connectivity index (χ1n) is 13.2. The molecule has 0 N–H and O–H groups in total. The first-order chi connectivity index (χ1) is 20.1. The number of rotatable bonds is 4. The number of pyridine rings is 1. The summed E-state index contributed by atoms with van der Waals surface area (Å²) in [5.41, 5.74) is 7.30. The Morgan fingerprint density at radius 3 is 2.15 bits per heavy atom. The third kappa shape index (κ3) is 3.59. The van der Waals surface area contributed by atoms with Gasteiger partial charge in [-0.15, -0.1) is 0 Å². The maximum atomic E-state index is 13.4. The fraction of sp³-hybridized carbons (Fsp3) is 0. The number of sulfone groups is 1. The van der Waals surface area contributed by atoms with Crippen molar-refractivity contribution in [3.63, 3.8) is 0 Å². The van der Waals surface area contributed by atoms with Crippen LogP contribution in [0.15, 0.2) is 142 Å². The minimum Gasteiger partial charge on any atom is -0.422 e. The van der Waals surface area contributed by atoms with Gasteiger partial charge in [0.25, 0.3) is 0 Å². The van der Waals surface area contributed by atoms with Gasteiger partial charge in [0.05, 0.1) is 26.5 Å². The molecule has 6 nitrogen and oxygen atoms in total. The smallest absolute Gasteiger partial charge is 0.308 e. The van der Waals surface area contributed by atoms with Gasteiger partial charge in [0, 0.05) is 16.5 Å². The normalized spacial score (nSPS) is 12.1. The number of hydrogen-bond donors (Lipinski definition) is 0. The predicted octanol–water partition coefficient (Wildman–Crippen LogP) is 7.95. The second-order valence-corrected chi connectivity index (χ2v) is 11.8. The van der Waals surface area contributed by atoms with Crippen LogP contribution in [0, 0.1) is 0 Å². The van der Waals surface area contributed by atoms with Gasteiger partial charge in [-0.3, -0.25) is 4.40 Å². The van der Waals surface area contributed by atoms with E-state index in [1.165, 1.54) is 0 Å². The second-order valence-electron chi connectivity index (χ2n) is 9.87. The van der Waals surface area contributed by atoms with E-state index in [4.69, 9.17) is 14.4 Å². The molecule has 3 heterocycles. The van der Waals surface area contributed by atoms with Gasteiger partial charge in [-0.05, 0) is 42.0 Å². The average Bonchev–Trinajstić information content (AvgIpc) is 3.58. The van der Waals surface area contributed by atoms with Crippen molar-refractivity contribution < 1.29 is 12.8 Å². The van der Waals surface area contributed by atoms with Gasteiger partial charge in [-0.25, -0.2) is 13.4 Å². The fourth-order valence-electron chi connectivity index (χ4n) is 5.53. The third-order valence-corrected chi connectivity index (χ3v) is 9.21. The van der Waals surface area contributed by atoms with Crippen LogP contribution in [0.4, 0.5) is 0 Å². The minimum atomic E-state index is -3.68. The predicted molar refractivity (Wildman–Crippen MR) is 161 cm³/mol. The summed E-state index contributed by atoms with van der Waals surface area (Å²) in [5, 5.41) is 0.948. The van der Waals surface area contributed by atoms with Crippen LogP contribution in [0.25, 0.3) is 61.3 Å². The number of benzene rings is 5. The third-order valence-electron chi connectivity index (χ3n) is 7.45. The molecule has 0 aliphatic carbocycles. The van der Waals surface area contributed by atoms with Gasteiger partial charge >= 0.3 is 5.84 Å². The zero-order valence-electron chi connectivity index (χ0n) is 21.6. The molecule has 3 aromatic heterocycles. The van der Waals surface area contributed by atoms with E-state index in [0.717, 1.165) is 49.8 Å². The monoisotopic (exact) mass is 551 g/mol. The molecule has 0 bridgehead atoms. The quantitative estimate of drug-likeness (QED) is 0.222. The summed E-state index contributed by atoms with van der Waals surface area (Å²) in [7, 11) is -3.68. The molecule has 0 aliphatic rings. The van der Waals surface area contributed by atoms with E-state index in [9.17, 15) is 8.42 Å². The zero-order chi connectivity index (χ0) is 27.6. The highest BCUT2D eigenvalue weighted by Crippen LogP contribution is 2.38. The average molecular weight is 552 g/mol. The van der Waals surface area contributed by atoms with Crippen molar-refractivity contribution in [2.75, 3.05) is 0 Å². The van der Waals surface area contributed by atoms with Gasteiger partial charge in [0.2, 0.25) is 9.84 Å². The molecule has 0 atom stereocenters. The van der Waals surface area contributed by atoms with Gasteiger partial charge < -0.3 is 4.42 Å². The van der Waals surface area contributed by atoms with Crippen LogP contribution in [0.5, 0.6) is 0 Å². The molecule has 0 radical (unpaired) electrons. The highest BCUT2D eigenvalue weighted by atomic mass is 32.2. The number of imidazole rings is 1. The molecule has 0 amide bonds. The molecular formula is C34H21N3O3S. The zero-order valence-corrected chi connectivity index (χ0v) is 22.4. The van der Waals surface area contributed by atoms with Crippen molar-refractivity contribution in [1.29, 1.82) is 0 Å². The lowest BCUT2D eigenvalue weighted by atomic mass is 10.0. The lowest BCUT2D eigenvalue weighted by Crippen LogP contribution is -2.01. The van der Waals surface area contributed by atoms with Crippen molar-refractivity contribution in [2.45, 2.75) is 9.79 Å². The van der Waals surface area contributed by atoms with Crippen LogP contribution < -0.4 is 0 Å². The molecule has 196 valence electrons. The largest absolute Gasteiger partial charge is 0.422 e. The Balaban J connectivity index is 1.39. The molecule has 0 unspecified atom stereocenters. The maximum absolute atomic E-state index is 13.4. The van der Waals surface area contributed by atoms with Gasteiger partial charge in [-0.2, -0.15) is 4.98 Å². The van der Waals surface area contributed by atoms with E-state index >= 15 is 0 Å². The van der Waals surface area contributed by atoms with E-state index in [0.29, 0.717) is 11.4 Å². The van der Waals surface area contributed by atoms with Crippen LogP contribution in [0.3, 0.4) is 0 Å². The molecule has 0 aliphatic heterocycles. The van der Waals surface area contributed by atoms with Gasteiger partial charge in [0.15, 0.2) is 5.58 Å². The molecule has 0 fully saturated rings. The van der Waals surface area contributed by atoms with Crippen molar-refractivity contribution in [2.24, 2.45) is 0 Å². The fourth-order valence-corrected chi connectivity index (χ4v) is 6.86. The van der Waals surface area contributed by atoms with Crippen LogP contribution in [0.2, 0.25) is 0 Å². The highest BCUT2D eigenvalue weighted by Gasteiger charge is 2.23. The number of para-hydroxylation sites is 2. The number of hydrogen-bond acceptors (Lipinski definition) is 5. The SMILES string of the molecule is O=S(=O)(c1ccccc1)c1cccc(-c2cccc3c2oc2nc4c5ccccc5nc(-c5ccccc5)c4n23)c1. The van der Waals surface area contributed by atoms with E-state index in [-0.39, 0.29) is 9.79 Å². The minimum absolute atomic E-state index is 0.224. The summed E-state index contributed by atoms with van der Waals surface area (Å²) < 4.78 is 35.2. The summed E-state index contributed by atoms with van der Waals surface area (Å²) in [6.07, 6.45) is 0. The van der Waals surface area contributed by atoms with Crippen molar-refractivity contribution in [3.05, 3.63) is 127 Å². The summed E-state index contributed by atoms with van der Waals surface area (Å²) in [6.45, 7) is 0. The van der Waals surface area contributed by atoms with Crippen LogP contribution in [-0.2, 0) is 9.84 Å². The molecule has 7 heteroatoms. The first-order valence-corrected chi connectivity index (χ1v) is 14.7. The number of nitrogens with zero attached hydrogens (tertiary/aromatic N) is 3.